The average molecular weight is 306 g/mol. The fourth-order valence-corrected chi connectivity index (χ4v) is 1.43. The number of allylic oxidation sites excluding steroid dienone is 1. The first-order chi connectivity index (χ1) is 4.43. The molecule has 0 saturated heterocycles. The molecule has 0 amide bonds. The van der Waals surface area contributed by atoms with Crippen molar-refractivity contribution in [2.75, 3.05) is 0 Å². The van der Waals surface area contributed by atoms with Crippen LogP contribution in [0.1, 0.15) is 5.56 Å². The fraction of sp³-hybridized carbons (Fsp3) is 0. The monoisotopic (exact) mass is 306 g/mol. The van der Waals surface area contributed by atoms with Crippen LogP contribution in [0.15, 0.2) is 22.9 Å². The summed E-state index contributed by atoms with van der Waals surface area (Å²) in [5.41, 5.74) is 1.30. The third kappa shape index (κ3) is 2.38. The normalized spacial score (nSPS) is 10.2. The van der Waals surface area contributed by atoms with Gasteiger partial charge in [-0.05, 0) is 0 Å². The molecular formula is C7H6SW. The molecule has 0 fully saturated rings. The van der Waals surface area contributed by atoms with Crippen molar-refractivity contribution in [2.45, 2.75) is 0 Å². The van der Waals surface area contributed by atoms with Gasteiger partial charge in [-0.3, -0.25) is 0 Å². The van der Waals surface area contributed by atoms with Crippen molar-refractivity contribution in [3.05, 3.63) is 28.5 Å². The maximum atomic E-state index is 2.13. The summed E-state index contributed by atoms with van der Waals surface area (Å²) in [6.45, 7) is 0. The van der Waals surface area contributed by atoms with Crippen LogP contribution in [-0.4, -0.2) is 4.40 Å². The second kappa shape index (κ2) is 3.92. The van der Waals surface area contributed by atoms with Gasteiger partial charge in [0.2, 0.25) is 0 Å². The molecule has 1 rings (SSSR count). The molecule has 9 heavy (non-hydrogen) atoms. The first kappa shape index (κ1) is 7.11. The molecule has 0 atom stereocenters. The predicted octanol–water partition coefficient (Wildman–Crippen LogP) is 2.11. The zero-order chi connectivity index (χ0) is 6.53. The quantitative estimate of drug-likeness (QED) is 0.785. The van der Waals surface area contributed by atoms with E-state index in [9.17, 15) is 0 Å². The van der Waals surface area contributed by atoms with Crippen LogP contribution >= 0.6 is 11.3 Å². The summed E-state index contributed by atoms with van der Waals surface area (Å²) < 4.78 is 2.11. The van der Waals surface area contributed by atoms with Gasteiger partial charge < -0.3 is 0 Å². The second-order valence-corrected chi connectivity index (χ2v) is 3.31. The van der Waals surface area contributed by atoms with E-state index in [0.29, 0.717) is 0 Å². The molecule has 0 nitrogen and oxygen atoms in total. The Bertz CT molecular complexity index is 199. The van der Waals surface area contributed by atoms with E-state index in [4.69, 9.17) is 0 Å². The average Bonchev–Trinajstić information content (AvgIpc) is 2.34. The molecule has 1 aromatic rings. The molecule has 46 valence electrons. The second-order valence-electron chi connectivity index (χ2n) is 1.55. The van der Waals surface area contributed by atoms with E-state index in [-0.39, 0.29) is 0 Å². The molecule has 1 aromatic heterocycles. The molecule has 0 aliphatic rings. The minimum atomic E-state index is 1.30. The number of hydrogen-bond donors (Lipinski definition) is 0. The Morgan fingerprint density at radius 1 is 1.56 bits per heavy atom. The summed E-state index contributed by atoms with van der Waals surface area (Å²) in [4.78, 5) is 0. The Morgan fingerprint density at radius 3 is 3.00 bits per heavy atom. The summed E-state index contributed by atoms with van der Waals surface area (Å²) in [5.74, 6) is 0. The van der Waals surface area contributed by atoms with Gasteiger partial charge in [-0.15, -0.1) is 0 Å². The molecule has 0 aliphatic heterocycles. The van der Waals surface area contributed by atoms with Crippen molar-refractivity contribution in [2.24, 2.45) is 0 Å². The molecule has 0 aromatic carbocycles. The van der Waals surface area contributed by atoms with Gasteiger partial charge in [0, 0.05) is 0 Å². The van der Waals surface area contributed by atoms with Crippen LogP contribution in [0, 0.1) is 0 Å². The molecule has 0 aliphatic carbocycles. The summed E-state index contributed by atoms with van der Waals surface area (Å²) in [6, 6.07) is 2.11. The summed E-state index contributed by atoms with van der Waals surface area (Å²) in [6.07, 6.45) is 4.20. The van der Waals surface area contributed by atoms with Crippen LogP contribution in [0.25, 0.3) is 6.08 Å². The molecule has 2 heteroatoms. The van der Waals surface area contributed by atoms with Gasteiger partial charge in [0.1, 0.15) is 0 Å². The van der Waals surface area contributed by atoms with Crippen LogP contribution in [0.4, 0.5) is 0 Å². The van der Waals surface area contributed by atoms with Crippen molar-refractivity contribution in [3.63, 3.8) is 0 Å². The third-order valence-electron chi connectivity index (χ3n) is 0.910. The van der Waals surface area contributed by atoms with Crippen LogP contribution < -0.4 is 0 Å². The van der Waals surface area contributed by atoms with Gasteiger partial charge in [-0.25, -0.2) is 0 Å². The third-order valence-corrected chi connectivity index (χ3v) is 2.18. The van der Waals surface area contributed by atoms with E-state index in [1.807, 2.05) is 0 Å². The van der Waals surface area contributed by atoms with Gasteiger partial charge in [0.25, 0.3) is 0 Å². The molecule has 0 N–H and O–H groups in total. The van der Waals surface area contributed by atoms with Crippen molar-refractivity contribution in [3.8, 4) is 0 Å². The van der Waals surface area contributed by atoms with E-state index in [2.05, 4.69) is 33.4 Å². The summed E-state index contributed by atoms with van der Waals surface area (Å²) in [5, 5.41) is 4.22. The van der Waals surface area contributed by atoms with Gasteiger partial charge in [0.05, 0.1) is 0 Å². The minimum absolute atomic E-state index is 1.30. The number of thiophene rings is 1. The molecule has 0 saturated carbocycles. The molecule has 0 unspecified atom stereocenters. The Morgan fingerprint density at radius 2 is 2.44 bits per heavy atom. The Labute approximate surface area is 69.6 Å². The van der Waals surface area contributed by atoms with Gasteiger partial charge in [-0.1, -0.05) is 0 Å². The molecule has 1 heterocycles. The topological polar surface area (TPSA) is 0 Å². The summed E-state index contributed by atoms with van der Waals surface area (Å²) in [7, 11) is 0. The Kier molecular flexibility index (Phi) is 3.10. The standard InChI is InChI=1S/C7H6S.W/c1-2-3-7-4-5-8-6-7;/h1-6H;/b3-2-;. The van der Waals surface area contributed by atoms with E-state index in [1.54, 1.807) is 11.3 Å². The number of hydrogen-bond acceptors (Lipinski definition) is 1. The van der Waals surface area contributed by atoms with Crippen LogP contribution in [0.2, 0.25) is 0 Å². The van der Waals surface area contributed by atoms with Crippen LogP contribution in [0.3, 0.4) is 0 Å². The van der Waals surface area contributed by atoms with Crippen molar-refractivity contribution in [1.29, 1.82) is 0 Å². The fourth-order valence-electron chi connectivity index (χ4n) is 0.520. The number of rotatable bonds is 2. The van der Waals surface area contributed by atoms with E-state index < -0.39 is 0 Å². The van der Waals surface area contributed by atoms with Gasteiger partial charge >= 0.3 is 69.6 Å². The first-order valence-corrected chi connectivity index (χ1v) is 5.21. The summed E-state index contributed by atoms with van der Waals surface area (Å²) >= 11 is 3.23. The molecular weight excluding hydrogens is 300 g/mol. The zero-order valence-electron chi connectivity index (χ0n) is 4.78. The van der Waals surface area contributed by atoms with E-state index in [1.165, 1.54) is 24.9 Å². The van der Waals surface area contributed by atoms with Crippen LogP contribution in [0.5, 0.6) is 0 Å². The maximum absolute atomic E-state index is 2.13. The molecule has 0 radical (unpaired) electrons. The zero-order valence-corrected chi connectivity index (χ0v) is 8.53. The molecule has 0 spiro atoms. The Balaban J connectivity index is 2.67. The van der Waals surface area contributed by atoms with Crippen LogP contribution in [-0.2, 0) is 19.4 Å². The van der Waals surface area contributed by atoms with Crippen molar-refractivity contribution < 1.29 is 19.4 Å². The van der Waals surface area contributed by atoms with Crippen molar-refractivity contribution in [1.82, 2.24) is 0 Å². The van der Waals surface area contributed by atoms with E-state index >= 15 is 0 Å². The first-order valence-electron chi connectivity index (χ1n) is 2.57. The predicted molar refractivity (Wildman–Crippen MR) is 39.4 cm³/mol. The Hall–Kier alpha value is -0.00169. The van der Waals surface area contributed by atoms with E-state index in [0.717, 1.165) is 0 Å². The SMILES string of the molecule is [W]=[CH]/C=C\c1ccsc1. The van der Waals surface area contributed by atoms with Gasteiger partial charge in [0.15, 0.2) is 0 Å². The van der Waals surface area contributed by atoms with Crippen molar-refractivity contribution >= 4 is 21.8 Å². The molecule has 0 bridgehead atoms. The van der Waals surface area contributed by atoms with Gasteiger partial charge in [-0.2, -0.15) is 0 Å².